The highest BCUT2D eigenvalue weighted by Crippen LogP contribution is 2.63. The molecule has 0 N–H and O–H groups in total. The minimum Gasteiger partial charge on any atom is -0.456 e. The fourth-order valence-electron chi connectivity index (χ4n) is 13.3. The standard InChI is InChI=1S/C73H46N2O/c1-3-21-47(22-4-1)48-23-19-26-50(43-48)74(69-39-20-35-60-54-29-9-8-28-53(54)58-33-13-17-38-68(58)75(72(60)69)49-24-5-2-6-25-49)51-41-42-66-61(44-51)55-30-10-7-27-52(55)56-31-11-15-36-64(56)73(66)65-37-16-12-32-57(65)62-45-63-59-34-14-18-40-70(59)76-71(63)46-67(62)73/h1-46H. The molecule has 2 heterocycles. The lowest BCUT2D eigenvalue weighted by atomic mass is 9.66. The van der Waals surface area contributed by atoms with Crippen LogP contribution in [0.2, 0.25) is 0 Å². The van der Waals surface area contributed by atoms with Crippen LogP contribution in [0.3, 0.4) is 0 Å². The number of fused-ring (bicyclic) bond motifs is 20. The van der Waals surface area contributed by atoms with E-state index < -0.39 is 5.41 Å². The lowest BCUT2D eigenvalue weighted by Crippen LogP contribution is -2.29. The second kappa shape index (κ2) is 16.5. The summed E-state index contributed by atoms with van der Waals surface area (Å²) in [5, 5.41) is 2.26. The molecular formula is C73H46N2O. The summed E-state index contributed by atoms with van der Waals surface area (Å²) in [6.45, 7) is 0. The van der Waals surface area contributed by atoms with E-state index in [1.165, 1.54) is 72.3 Å². The predicted molar refractivity (Wildman–Crippen MR) is 315 cm³/mol. The number of para-hydroxylation sites is 4. The zero-order valence-corrected chi connectivity index (χ0v) is 41.4. The van der Waals surface area contributed by atoms with Crippen LogP contribution in [0.5, 0.6) is 0 Å². The number of hydrogen-bond acceptors (Lipinski definition) is 3. The summed E-state index contributed by atoms with van der Waals surface area (Å²) in [7, 11) is 0. The Morgan fingerprint density at radius 3 is 1.59 bits per heavy atom. The van der Waals surface area contributed by atoms with E-state index in [1.54, 1.807) is 0 Å². The van der Waals surface area contributed by atoms with Gasteiger partial charge in [-0.2, -0.15) is 0 Å². The molecule has 354 valence electrons. The van der Waals surface area contributed by atoms with E-state index >= 15 is 0 Å². The van der Waals surface area contributed by atoms with Crippen molar-refractivity contribution in [2.45, 2.75) is 5.41 Å². The molecule has 1 unspecified atom stereocenters. The second-order valence-corrected chi connectivity index (χ2v) is 20.3. The Labute approximate surface area is 441 Å². The second-order valence-electron chi connectivity index (χ2n) is 20.3. The minimum absolute atomic E-state index is 0.706. The zero-order valence-electron chi connectivity index (χ0n) is 41.4. The monoisotopic (exact) mass is 966 g/mol. The molecule has 16 rings (SSSR count). The first-order valence-electron chi connectivity index (χ1n) is 26.2. The van der Waals surface area contributed by atoms with Gasteiger partial charge in [-0.3, -0.25) is 0 Å². The topological polar surface area (TPSA) is 19.6 Å². The van der Waals surface area contributed by atoms with Crippen LogP contribution < -0.4 is 9.80 Å². The van der Waals surface area contributed by atoms with Gasteiger partial charge in [0, 0.05) is 39.0 Å². The van der Waals surface area contributed by atoms with Crippen LogP contribution in [0, 0.1) is 0 Å². The summed E-state index contributed by atoms with van der Waals surface area (Å²) in [5.74, 6) is 0. The third-order valence-electron chi connectivity index (χ3n) is 16.4. The van der Waals surface area contributed by atoms with Crippen LogP contribution >= 0.6 is 0 Å². The molecule has 0 saturated carbocycles. The van der Waals surface area contributed by atoms with E-state index in [-0.39, 0.29) is 0 Å². The SMILES string of the molecule is c1ccc(-c2cccc(N(c3ccc4c(c3)-c3ccccc3-c3ccccc3C43c4ccccc4-c4cc5c(cc43)oc3ccccc35)c3cccc4c3N(c3ccccc3)c3ccccc3-c3ccccc3-4)c2)cc1. The van der Waals surface area contributed by atoms with Crippen molar-refractivity contribution in [1.82, 2.24) is 0 Å². The van der Waals surface area contributed by atoms with Crippen molar-refractivity contribution in [3.05, 3.63) is 301 Å². The van der Waals surface area contributed by atoms with Crippen LogP contribution in [0.1, 0.15) is 22.3 Å². The fourth-order valence-corrected chi connectivity index (χ4v) is 13.3. The van der Waals surface area contributed by atoms with Gasteiger partial charge in [-0.25, -0.2) is 0 Å². The van der Waals surface area contributed by atoms with Gasteiger partial charge in [0.25, 0.3) is 0 Å². The van der Waals surface area contributed by atoms with Crippen LogP contribution in [-0.2, 0) is 5.41 Å². The first kappa shape index (κ1) is 42.5. The van der Waals surface area contributed by atoms with Crippen molar-refractivity contribution < 1.29 is 4.42 Å². The molecule has 1 aromatic heterocycles. The van der Waals surface area contributed by atoms with Gasteiger partial charge in [0.2, 0.25) is 0 Å². The van der Waals surface area contributed by atoms with Crippen LogP contribution in [0.15, 0.2) is 283 Å². The number of anilines is 6. The van der Waals surface area contributed by atoms with Gasteiger partial charge in [0.15, 0.2) is 0 Å². The Hall–Kier alpha value is -9.96. The minimum atomic E-state index is -0.706. The highest BCUT2D eigenvalue weighted by Gasteiger charge is 2.50. The summed E-state index contributed by atoms with van der Waals surface area (Å²) in [4.78, 5) is 5.00. The third kappa shape index (κ3) is 6.05. The number of rotatable bonds is 5. The van der Waals surface area contributed by atoms with Crippen molar-refractivity contribution in [1.29, 1.82) is 0 Å². The van der Waals surface area contributed by atoms with E-state index in [9.17, 15) is 0 Å². The Morgan fingerprint density at radius 2 is 0.829 bits per heavy atom. The highest BCUT2D eigenvalue weighted by molar-refractivity contribution is 6.11. The number of hydrogen-bond donors (Lipinski definition) is 0. The average molecular weight is 967 g/mol. The molecule has 12 aromatic carbocycles. The summed E-state index contributed by atoms with van der Waals surface area (Å²) < 4.78 is 6.80. The molecule has 0 amide bonds. The molecule has 0 saturated heterocycles. The summed E-state index contributed by atoms with van der Waals surface area (Å²) >= 11 is 0. The van der Waals surface area contributed by atoms with Gasteiger partial charge in [-0.15, -0.1) is 0 Å². The third-order valence-corrected chi connectivity index (χ3v) is 16.4. The maximum Gasteiger partial charge on any atom is 0.135 e. The van der Waals surface area contributed by atoms with Crippen molar-refractivity contribution in [2.75, 3.05) is 9.80 Å². The molecule has 0 bridgehead atoms. The maximum absolute atomic E-state index is 6.80. The van der Waals surface area contributed by atoms with Crippen molar-refractivity contribution in [3.63, 3.8) is 0 Å². The van der Waals surface area contributed by atoms with E-state index in [2.05, 4.69) is 289 Å². The van der Waals surface area contributed by atoms with Gasteiger partial charge in [0.05, 0.1) is 22.5 Å². The zero-order chi connectivity index (χ0) is 49.9. The maximum atomic E-state index is 6.80. The fraction of sp³-hybridized carbons (Fsp3) is 0.0137. The van der Waals surface area contributed by atoms with Crippen molar-refractivity contribution in [2.24, 2.45) is 0 Å². The van der Waals surface area contributed by atoms with Crippen LogP contribution in [0.25, 0.3) is 88.7 Å². The number of benzene rings is 12. The molecule has 1 atom stereocenters. The van der Waals surface area contributed by atoms with Crippen LogP contribution in [0.4, 0.5) is 34.1 Å². The first-order chi connectivity index (χ1) is 37.7. The Balaban J connectivity index is 1.02. The smallest absolute Gasteiger partial charge is 0.135 e. The largest absolute Gasteiger partial charge is 0.456 e. The molecule has 0 fully saturated rings. The highest BCUT2D eigenvalue weighted by atomic mass is 16.3. The van der Waals surface area contributed by atoms with Crippen molar-refractivity contribution in [3.8, 4) is 66.8 Å². The van der Waals surface area contributed by atoms with Gasteiger partial charge in [-0.1, -0.05) is 212 Å². The molecule has 3 aliphatic rings. The van der Waals surface area contributed by atoms with Crippen LogP contribution in [-0.4, -0.2) is 0 Å². The molecular weight excluding hydrogens is 921 g/mol. The molecule has 1 aliphatic heterocycles. The van der Waals surface area contributed by atoms with E-state index in [0.717, 1.165) is 72.8 Å². The Bertz CT molecular complexity index is 4490. The van der Waals surface area contributed by atoms with Gasteiger partial charge in [-0.05, 0) is 145 Å². The van der Waals surface area contributed by atoms with E-state index in [0.29, 0.717) is 0 Å². The molecule has 0 radical (unpaired) electrons. The Morgan fingerprint density at radius 1 is 0.303 bits per heavy atom. The molecule has 76 heavy (non-hydrogen) atoms. The van der Waals surface area contributed by atoms with Gasteiger partial charge >= 0.3 is 0 Å². The van der Waals surface area contributed by atoms with Crippen molar-refractivity contribution >= 4 is 56.1 Å². The average Bonchev–Trinajstić information content (AvgIpc) is 4.05. The predicted octanol–water partition coefficient (Wildman–Crippen LogP) is 19.9. The van der Waals surface area contributed by atoms with E-state index in [4.69, 9.17) is 4.42 Å². The number of nitrogens with zero attached hydrogens (tertiary/aromatic N) is 2. The summed E-state index contributed by atoms with van der Waals surface area (Å²) in [6.07, 6.45) is 0. The quantitative estimate of drug-likeness (QED) is 0.171. The molecule has 3 heteroatoms. The lowest BCUT2D eigenvalue weighted by Gasteiger charge is -2.37. The summed E-state index contributed by atoms with van der Waals surface area (Å²) in [6, 6.07) is 103. The Kier molecular flexibility index (Phi) is 9.25. The summed E-state index contributed by atoms with van der Waals surface area (Å²) in [5.41, 5.74) is 26.9. The molecule has 1 spiro atoms. The lowest BCUT2D eigenvalue weighted by molar-refractivity contribution is 0.666. The molecule has 2 aliphatic carbocycles. The van der Waals surface area contributed by atoms with E-state index in [1.807, 2.05) is 0 Å². The number of furan rings is 1. The van der Waals surface area contributed by atoms with Gasteiger partial charge < -0.3 is 14.2 Å². The van der Waals surface area contributed by atoms with Gasteiger partial charge in [0.1, 0.15) is 11.2 Å². The first-order valence-corrected chi connectivity index (χ1v) is 26.2. The normalized spacial score (nSPS) is 14.3. The molecule has 13 aromatic rings. The molecule has 3 nitrogen and oxygen atoms in total.